The number of phenols is 2. The first-order valence-electron chi connectivity index (χ1n) is 6.74. The highest BCUT2D eigenvalue weighted by molar-refractivity contribution is 7.18. The maximum Gasteiger partial charge on any atom is 0.124 e. The standard InChI is InChI=1S/C16H16N2O2S/c1-10(16-12(19)6-4-7-13(16)20)17-9-15-18-11-5-2-3-8-14(11)21-15/h2-8,10,17,19-20H,9H2,1H3. The fourth-order valence-corrected chi connectivity index (χ4v) is 3.24. The van der Waals surface area contributed by atoms with Crippen molar-refractivity contribution in [3.05, 3.63) is 53.0 Å². The van der Waals surface area contributed by atoms with E-state index in [9.17, 15) is 10.2 Å². The summed E-state index contributed by atoms with van der Waals surface area (Å²) in [6.07, 6.45) is 0. The molecule has 3 aromatic rings. The molecule has 1 heterocycles. The van der Waals surface area contributed by atoms with Crippen molar-refractivity contribution in [2.24, 2.45) is 0 Å². The van der Waals surface area contributed by atoms with Crippen LogP contribution < -0.4 is 5.32 Å². The molecular weight excluding hydrogens is 284 g/mol. The van der Waals surface area contributed by atoms with Gasteiger partial charge in [0.2, 0.25) is 0 Å². The van der Waals surface area contributed by atoms with Crippen LogP contribution in [0.3, 0.4) is 0 Å². The SMILES string of the molecule is CC(NCc1nc2ccccc2s1)c1c(O)cccc1O. The molecule has 5 heteroatoms. The summed E-state index contributed by atoms with van der Waals surface area (Å²) < 4.78 is 1.16. The molecule has 0 aliphatic rings. The molecule has 0 amide bonds. The molecule has 0 bridgehead atoms. The van der Waals surface area contributed by atoms with Crippen molar-refractivity contribution in [2.75, 3.05) is 0 Å². The average molecular weight is 300 g/mol. The lowest BCUT2D eigenvalue weighted by molar-refractivity contribution is 0.418. The Labute approximate surface area is 126 Å². The molecule has 2 aromatic carbocycles. The second kappa shape index (κ2) is 5.71. The van der Waals surface area contributed by atoms with E-state index in [4.69, 9.17) is 0 Å². The Hall–Kier alpha value is -2.11. The van der Waals surface area contributed by atoms with E-state index in [0.29, 0.717) is 12.1 Å². The Bertz CT molecular complexity index is 717. The van der Waals surface area contributed by atoms with Gasteiger partial charge in [0.1, 0.15) is 16.5 Å². The van der Waals surface area contributed by atoms with Gasteiger partial charge in [-0.15, -0.1) is 11.3 Å². The molecule has 4 nitrogen and oxygen atoms in total. The van der Waals surface area contributed by atoms with Crippen LogP contribution in [-0.4, -0.2) is 15.2 Å². The van der Waals surface area contributed by atoms with Crippen LogP contribution in [0.15, 0.2) is 42.5 Å². The zero-order valence-electron chi connectivity index (χ0n) is 11.6. The smallest absolute Gasteiger partial charge is 0.124 e. The minimum atomic E-state index is -0.168. The van der Waals surface area contributed by atoms with E-state index in [1.54, 1.807) is 29.5 Å². The van der Waals surface area contributed by atoms with Gasteiger partial charge >= 0.3 is 0 Å². The first-order chi connectivity index (χ1) is 10.1. The molecule has 1 atom stereocenters. The van der Waals surface area contributed by atoms with Gasteiger partial charge in [-0.05, 0) is 31.2 Å². The molecule has 0 aliphatic heterocycles. The molecule has 0 saturated carbocycles. The summed E-state index contributed by atoms with van der Waals surface area (Å²) in [7, 11) is 0. The van der Waals surface area contributed by atoms with Crippen molar-refractivity contribution in [3.63, 3.8) is 0 Å². The van der Waals surface area contributed by atoms with Crippen LogP contribution in [-0.2, 0) is 6.54 Å². The number of nitrogens with zero attached hydrogens (tertiary/aromatic N) is 1. The molecular formula is C16H16N2O2S. The van der Waals surface area contributed by atoms with E-state index in [-0.39, 0.29) is 17.5 Å². The highest BCUT2D eigenvalue weighted by Gasteiger charge is 2.15. The number of hydrogen-bond acceptors (Lipinski definition) is 5. The van der Waals surface area contributed by atoms with E-state index in [1.165, 1.54) is 0 Å². The summed E-state index contributed by atoms with van der Waals surface area (Å²) in [4.78, 5) is 4.55. The molecule has 21 heavy (non-hydrogen) atoms. The lowest BCUT2D eigenvalue weighted by Crippen LogP contribution is -2.18. The number of aromatic hydroxyl groups is 2. The Morgan fingerprint density at radius 3 is 2.52 bits per heavy atom. The summed E-state index contributed by atoms with van der Waals surface area (Å²) in [6.45, 7) is 2.50. The number of nitrogens with one attached hydrogen (secondary N) is 1. The van der Waals surface area contributed by atoms with Gasteiger partial charge in [-0.25, -0.2) is 4.98 Å². The summed E-state index contributed by atoms with van der Waals surface area (Å²) in [5, 5.41) is 24.0. The van der Waals surface area contributed by atoms with E-state index >= 15 is 0 Å². The van der Waals surface area contributed by atoms with Gasteiger partial charge in [-0.1, -0.05) is 18.2 Å². The number of fused-ring (bicyclic) bond motifs is 1. The number of aromatic nitrogens is 1. The Morgan fingerprint density at radius 1 is 1.10 bits per heavy atom. The van der Waals surface area contributed by atoms with Gasteiger partial charge in [-0.2, -0.15) is 0 Å². The van der Waals surface area contributed by atoms with Gasteiger partial charge in [0, 0.05) is 12.6 Å². The predicted molar refractivity (Wildman–Crippen MR) is 84.6 cm³/mol. The lowest BCUT2D eigenvalue weighted by atomic mass is 10.1. The highest BCUT2D eigenvalue weighted by Crippen LogP contribution is 2.32. The Balaban J connectivity index is 1.75. The number of benzene rings is 2. The number of rotatable bonds is 4. The van der Waals surface area contributed by atoms with E-state index in [1.807, 2.05) is 25.1 Å². The van der Waals surface area contributed by atoms with Crippen LogP contribution in [0.25, 0.3) is 10.2 Å². The first kappa shape index (κ1) is 13.9. The van der Waals surface area contributed by atoms with Crippen LogP contribution in [0.5, 0.6) is 11.5 Å². The zero-order valence-corrected chi connectivity index (χ0v) is 12.4. The fraction of sp³-hybridized carbons (Fsp3) is 0.188. The lowest BCUT2D eigenvalue weighted by Gasteiger charge is -2.16. The third-order valence-electron chi connectivity index (χ3n) is 3.39. The summed E-state index contributed by atoms with van der Waals surface area (Å²) in [5.41, 5.74) is 1.51. The van der Waals surface area contributed by atoms with Gasteiger partial charge < -0.3 is 15.5 Å². The minimum Gasteiger partial charge on any atom is -0.507 e. The molecule has 3 N–H and O–H groups in total. The number of thiazole rings is 1. The number of hydrogen-bond donors (Lipinski definition) is 3. The highest BCUT2D eigenvalue weighted by atomic mass is 32.1. The van der Waals surface area contributed by atoms with E-state index in [2.05, 4.69) is 16.4 Å². The normalized spacial score (nSPS) is 12.6. The van der Waals surface area contributed by atoms with Gasteiger partial charge in [-0.3, -0.25) is 0 Å². The van der Waals surface area contributed by atoms with Crippen molar-refractivity contribution in [1.29, 1.82) is 0 Å². The van der Waals surface area contributed by atoms with E-state index in [0.717, 1.165) is 15.2 Å². The minimum absolute atomic E-state index is 0.0966. The van der Waals surface area contributed by atoms with Gasteiger partial charge in [0.25, 0.3) is 0 Å². The predicted octanol–water partition coefficient (Wildman–Crippen LogP) is 3.56. The Morgan fingerprint density at radius 2 is 1.81 bits per heavy atom. The summed E-state index contributed by atoms with van der Waals surface area (Å²) >= 11 is 1.64. The van der Waals surface area contributed by atoms with E-state index < -0.39 is 0 Å². The molecule has 1 unspecified atom stereocenters. The fourth-order valence-electron chi connectivity index (χ4n) is 2.32. The zero-order chi connectivity index (χ0) is 14.8. The third kappa shape index (κ3) is 2.84. The maximum atomic E-state index is 9.86. The molecule has 0 radical (unpaired) electrons. The van der Waals surface area contributed by atoms with Crippen molar-refractivity contribution in [3.8, 4) is 11.5 Å². The number of phenolic OH excluding ortho intramolecular Hbond substituents is 2. The average Bonchev–Trinajstić information content (AvgIpc) is 2.87. The summed E-state index contributed by atoms with van der Waals surface area (Å²) in [6, 6.07) is 12.6. The molecule has 0 spiro atoms. The Kier molecular flexibility index (Phi) is 3.77. The molecule has 1 aromatic heterocycles. The largest absolute Gasteiger partial charge is 0.507 e. The molecule has 108 valence electrons. The first-order valence-corrected chi connectivity index (χ1v) is 7.55. The molecule has 0 saturated heterocycles. The second-order valence-corrected chi connectivity index (χ2v) is 6.00. The number of para-hydroxylation sites is 1. The topological polar surface area (TPSA) is 65.4 Å². The van der Waals surface area contributed by atoms with Crippen molar-refractivity contribution >= 4 is 21.6 Å². The molecule has 3 rings (SSSR count). The van der Waals surface area contributed by atoms with Crippen LogP contribution in [0, 0.1) is 0 Å². The van der Waals surface area contributed by atoms with Crippen LogP contribution in [0.4, 0.5) is 0 Å². The quantitative estimate of drug-likeness (QED) is 0.689. The van der Waals surface area contributed by atoms with Crippen molar-refractivity contribution in [1.82, 2.24) is 10.3 Å². The van der Waals surface area contributed by atoms with Gasteiger partial charge in [0.15, 0.2) is 0 Å². The van der Waals surface area contributed by atoms with Crippen LogP contribution in [0.2, 0.25) is 0 Å². The van der Waals surface area contributed by atoms with Crippen molar-refractivity contribution < 1.29 is 10.2 Å². The van der Waals surface area contributed by atoms with Gasteiger partial charge in [0.05, 0.1) is 15.8 Å². The van der Waals surface area contributed by atoms with Crippen molar-refractivity contribution in [2.45, 2.75) is 19.5 Å². The molecule has 0 fully saturated rings. The maximum absolute atomic E-state index is 9.86. The monoisotopic (exact) mass is 300 g/mol. The van der Waals surface area contributed by atoms with Crippen LogP contribution >= 0.6 is 11.3 Å². The van der Waals surface area contributed by atoms with Crippen LogP contribution in [0.1, 0.15) is 23.5 Å². The third-order valence-corrected chi connectivity index (χ3v) is 4.43. The summed E-state index contributed by atoms with van der Waals surface area (Å²) in [5.74, 6) is 0.193. The second-order valence-electron chi connectivity index (χ2n) is 4.89. The molecule has 0 aliphatic carbocycles.